The third-order valence-corrected chi connectivity index (χ3v) is 3.83. The number of carbonyl (C=O) groups excluding carboxylic acids is 1. The van der Waals surface area contributed by atoms with Crippen LogP contribution in [-0.4, -0.2) is 5.91 Å². The lowest BCUT2D eigenvalue weighted by molar-refractivity contribution is 0.0940. The number of amides is 1. The largest absolute Gasteiger partial charge is 0.345 e. The van der Waals surface area contributed by atoms with Crippen LogP contribution in [0.5, 0.6) is 0 Å². The summed E-state index contributed by atoms with van der Waals surface area (Å²) in [6.07, 6.45) is 0. The van der Waals surface area contributed by atoms with Crippen molar-refractivity contribution >= 4 is 17.5 Å². The summed E-state index contributed by atoms with van der Waals surface area (Å²) in [5, 5.41) is 3.45. The van der Waals surface area contributed by atoms with Crippen LogP contribution in [0.2, 0.25) is 5.02 Å². The van der Waals surface area contributed by atoms with Crippen molar-refractivity contribution in [2.24, 2.45) is 0 Å². The Morgan fingerprint density at radius 1 is 1.10 bits per heavy atom. The van der Waals surface area contributed by atoms with E-state index in [0.717, 1.165) is 5.56 Å². The number of carbonyl (C=O) groups is 1. The summed E-state index contributed by atoms with van der Waals surface area (Å²) in [6, 6.07) is 13.2. The van der Waals surface area contributed by atoms with Crippen molar-refractivity contribution in [3.05, 3.63) is 69.7 Å². The van der Waals surface area contributed by atoms with Gasteiger partial charge in [-0.1, -0.05) is 41.9 Å². The lowest BCUT2D eigenvalue weighted by Crippen LogP contribution is -2.26. The zero-order chi connectivity index (χ0) is 14.7. The summed E-state index contributed by atoms with van der Waals surface area (Å²) in [6.45, 7) is 6.12. The van der Waals surface area contributed by atoms with Gasteiger partial charge in [0.1, 0.15) is 0 Å². The lowest BCUT2D eigenvalue weighted by atomic mass is 10.0. The van der Waals surface area contributed by atoms with Crippen molar-refractivity contribution < 1.29 is 4.79 Å². The van der Waals surface area contributed by atoms with Crippen molar-refractivity contribution in [3.8, 4) is 0 Å². The summed E-state index contributed by atoms with van der Waals surface area (Å²) < 4.78 is 0. The molecule has 0 unspecified atom stereocenters. The number of hydrogen-bond acceptors (Lipinski definition) is 1. The average Bonchev–Trinajstić information content (AvgIpc) is 2.42. The summed E-state index contributed by atoms with van der Waals surface area (Å²) in [5.74, 6) is -0.152. The van der Waals surface area contributed by atoms with Gasteiger partial charge in [0.05, 0.1) is 16.6 Å². The Kier molecular flexibility index (Phi) is 4.46. The number of nitrogens with one attached hydrogen (secondary N) is 1. The fourth-order valence-corrected chi connectivity index (χ4v) is 2.26. The highest BCUT2D eigenvalue weighted by molar-refractivity contribution is 6.33. The topological polar surface area (TPSA) is 29.1 Å². The van der Waals surface area contributed by atoms with Crippen molar-refractivity contribution in [1.29, 1.82) is 0 Å². The molecule has 0 saturated carbocycles. The normalized spacial score (nSPS) is 12.0. The maximum absolute atomic E-state index is 12.2. The zero-order valence-corrected chi connectivity index (χ0v) is 12.7. The first-order chi connectivity index (χ1) is 9.49. The summed E-state index contributed by atoms with van der Waals surface area (Å²) in [4.78, 5) is 12.2. The van der Waals surface area contributed by atoms with Gasteiger partial charge in [0.15, 0.2) is 0 Å². The van der Waals surface area contributed by atoms with Crippen molar-refractivity contribution in [2.45, 2.75) is 26.8 Å². The minimum atomic E-state index is -0.152. The first-order valence-corrected chi connectivity index (χ1v) is 6.99. The smallest absolute Gasteiger partial charge is 0.253 e. The molecule has 2 aromatic carbocycles. The van der Waals surface area contributed by atoms with Crippen LogP contribution in [0.4, 0.5) is 0 Å². The molecule has 3 heteroatoms. The van der Waals surface area contributed by atoms with Crippen LogP contribution in [0.1, 0.15) is 40.0 Å². The minimum absolute atomic E-state index is 0.0573. The van der Waals surface area contributed by atoms with Crippen LogP contribution in [0.25, 0.3) is 0 Å². The van der Waals surface area contributed by atoms with E-state index in [4.69, 9.17) is 11.6 Å². The molecular weight excluding hydrogens is 270 g/mol. The van der Waals surface area contributed by atoms with Gasteiger partial charge < -0.3 is 5.32 Å². The van der Waals surface area contributed by atoms with Crippen molar-refractivity contribution in [3.63, 3.8) is 0 Å². The van der Waals surface area contributed by atoms with Crippen molar-refractivity contribution in [2.75, 3.05) is 0 Å². The molecule has 0 spiro atoms. The van der Waals surface area contributed by atoms with Crippen LogP contribution in [0.15, 0.2) is 42.5 Å². The Morgan fingerprint density at radius 3 is 2.45 bits per heavy atom. The second-order valence-electron chi connectivity index (χ2n) is 5.02. The number of benzene rings is 2. The van der Waals surface area contributed by atoms with Gasteiger partial charge >= 0.3 is 0 Å². The molecule has 1 atom stereocenters. The molecule has 2 rings (SSSR count). The number of hydrogen-bond donors (Lipinski definition) is 1. The maximum atomic E-state index is 12.2. The van der Waals surface area contributed by atoms with Crippen molar-refractivity contribution in [1.82, 2.24) is 5.32 Å². The molecule has 0 bridgehead atoms. The third-order valence-electron chi connectivity index (χ3n) is 3.50. The van der Waals surface area contributed by atoms with E-state index in [0.29, 0.717) is 10.6 Å². The molecule has 0 heterocycles. The van der Waals surface area contributed by atoms with Gasteiger partial charge in [-0.2, -0.15) is 0 Å². The van der Waals surface area contributed by atoms with Gasteiger partial charge in [0, 0.05) is 0 Å². The molecule has 20 heavy (non-hydrogen) atoms. The molecule has 0 aliphatic heterocycles. The molecule has 0 aliphatic rings. The molecule has 0 aromatic heterocycles. The molecule has 1 N–H and O–H groups in total. The van der Waals surface area contributed by atoms with E-state index in [1.54, 1.807) is 12.1 Å². The van der Waals surface area contributed by atoms with E-state index >= 15 is 0 Å². The summed E-state index contributed by atoms with van der Waals surface area (Å²) in [7, 11) is 0. The zero-order valence-electron chi connectivity index (χ0n) is 11.9. The number of aryl methyl sites for hydroxylation is 2. The van der Waals surface area contributed by atoms with Crippen LogP contribution >= 0.6 is 11.6 Å². The molecule has 0 radical (unpaired) electrons. The van der Waals surface area contributed by atoms with Crippen LogP contribution in [0, 0.1) is 13.8 Å². The van der Waals surface area contributed by atoms with Crippen LogP contribution in [0.3, 0.4) is 0 Å². The first kappa shape index (κ1) is 14.6. The Bertz CT molecular complexity index is 637. The Labute approximate surface area is 124 Å². The highest BCUT2D eigenvalue weighted by atomic mass is 35.5. The first-order valence-electron chi connectivity index (χ1n) is 6.61. The molecule has 2 aromatic rings. The fourth-order valence-electron chi connectivity index (χ4n) is 2.04. The second-order valence-corrected chi connectivity index (χ2v) is 5.43. The van der Waals surface area contributed by atoms with E-state index in [9.17, 15) is 4.79 Å². The van der Waals surface area contributed by atoms with Crippen LogP contribution in [-0.2, 0) is 0 Å². The standard InChI is InChI=1S/C17H18ClNO/c1-11-8-9-14(10-12(11)2)13(3)19-17(20)15-6-4-5-7-16(15)18/h4-10,13H,1-3H3,(H,19,20)/t13-/m0/s1. The Hall–Kier alpha value is -1.80. The Balaban J connectivity index is 2.15. The van der Waals surface area contributed by atoms with E-state index in [1.165, 1.54) is 11.1 Å². The van der Waals surface area contributed by atoms with E-state index in [1.807, 2.05) is 25.1 Å². The van der Waals surface area contributed by atoms with Gasteiger partial charge in [-0.05, 0) is 49.6 Å². The molecule has 0 fully saturated rings. The Morgan fingerprint density at radius 2 is 1.80 bits per heavy atom. The second kappa shape index (κ2) is 6.10. The molecule has 2 nitrogen and oxygen atoms in total. The van der Waals surface area contributed by atoms with Gasteiger partial charge in [-0.3, -0.25) is 4.79 Å². The van der Waals surface area contributed by atoms with E-state index in [2.05, 4.69) is 31.3 Å². The molecule has 1 amide bonds. The lowest BCUT2D eigenvalue weighted by Gasteiger charge is -2.16. The number of rotatable bonds is 3. The maximum Gasteiger partial charge on any atom is 0.253 e. The predicted molar refractivity (Wildman–Crippen MR) is 83.2 cm³/mol. The molecule has 104 valence electrons. The van der Waals surface area contributed by atoms with E-state index < -0.39 is 0 Å². The summed E-state index contributed by atoms with van der Waals surface area (Å²) >= 11 is 6.03. The highest BCUT2D eigenvalue weighted by Gasteiger charge is 2.14. The predicted octanol–water partition coefficient (Wildman–Crippen LogP) is 4.45. The van der Waals surface area contributed by atoms with Crippen LogP contribution < -0.4 is 5.32 Å². The van der Waals surface area contributed by atoms with Gasteiger partial charge in [-0.15, -0.1) is 0 Å². The van der Waals surface area contributed by atoms with E-state index in [-0.39, 0.29) is 11.9 Å². The highest BCUT2D eigenvalue weighted by Crippen LogP contribution is 2.19. The molecule has 0 aliphatic carbocycles. The SMILES string of the molecule is Cc1ccc([C@H](C)NC(=O)c2ccccc2Cl)cc1C. The number of halogens is 1. The minimum Gasteiger partial charge on any atom is -0.345 e. The average molecular weight is 288 g/mol. The molecular formula is C17H18ClNO. The summed E-state index contributed by atoms with van der Waals surface area (Å²) in [5.41, 5.74) is 4.07. The molecule has 0 saturated heterocycles. The van der Waals surface area contributed by atoms with Gasteiger partial charge in [0.25, 0.3) is 5.91 Å². The third kappa shape index (κ3) is 3.20. The quantitative estimate of drug-likeness (QED) is 0.888. The monoisotopic (exact) mass is 287 g/mol. The fraction of sp³-hybridized carbons (Fsp3) is 0.235. The van der Waals surface area contributed by atoms with Gasteiger partial charge in [0.2, 0.25) is 0 Å². The van der Waals surface area contributed by atoms with Gasteiger partial charge in [-0.25, -0.2) is 0 Å².